The van der Waals surface area contributed by atoms with Gasteiger partial charge >= 0.3 is 0 Å². The Hall–Kier alpha value is -2.34. The maximum Gasteiger partial charge on any atom is 0.253 e. The van der Waals surface area contributed by atoms with Gasteiger partial charge in [0.1, 0.15) is 5.82 Å². The van der Waals surface area contributed by atoms with Crippen LogP contribution in [0.5, 0.6) is 0 Å². The van der Waals surface area contributed by atoms with E-state index in [0.717, 1.165) is 4.90 Å². The van der Waals surface area contributed by atoms with Crippen LogP contribution < -0.4 is 5.32 Å². The number of amides is 2. The lowest BCUT2D eigenvalue weighted by molar-refractivity contribution is -0.115. The highest BCUT2D eigenvalue weighted by atomic mass is 32.2. The second-order valence-corrected chi connectivity index (χ2v) is 7.10. The maximum atomic E-state index is 13.7. The zero-order valence-corrected chi connectivity index (χ0v) is 14.2. The van der Waals surface area contributed by atoms with Crippen LogP contribution in [0.3, 0.4) is 0 Å². The number of anilines is 1. The average Bonchev–Trinajstić information content (AvgIpc) is 2.57. The molecular weight excluding hydrogens is 327 g/mol. The Balaban J connectivity index is 1.79. The quantitative estimate of drug-likeness (QED) is 0.927. The van der Waals surface area contributed by atoms with E-state index in [-0.39, 0.29) is 29.4 Å². The third-order valence-corrected chi connectivity index (χ3v) is 5.05. The normalized spacial score (nSPS) is 16.3. The summed E-state index contributed by atoms with van der Waals surface area (Å²) in [4.78, 5) is 26.8. The van der Waals surface area contributed by atoms with Crippen LogP contribution >= 0.6 is 11.8 Å². The van der Waals surface area contributed by atoms with Gasteiger partial charge in [-0.3, -0.25) is 9.59 Å². The molecule has 2 aromatic carbocycles. The number of thioether (sulfide) groups is 1. The van der Waals surface area contributed by atoms with Crippen molar-refractivity contribution in [3.8, 4) is 0 Å². The fraction of sp³-hybridized carbons (Fsp3) is 0.222. The molecule has 0 saturated carbocycles. The van der Waals surface area contributed by atoms with Gasteiger partial charge in [0.05, 0.1) is 10.9 Å². The molecule has 124 valence electrons. The number of carbonyl (C=O) groups excluding carboxylic acids is 2. The first kappa shape index (κ1) is 16.5. The first-order valence-corrected chi connectivity index (χ1v) is 8.44. The van der Waals surface area contributed by atoms with E-state index in [9.17, 15) is 14.0 Å². The molecule has 1 unspecified atom stereocenters. The maximum absolute atomic E-state index is 13.7. The minimum Gasteiger partial charge on any atom is -0.337 e. The molecule has 24 heavy (non-hydrogen) atoms. The first-order chi connectivity index (χ1) is 11.5. The lowest BCUT2D eigenvalue weighted by Crippen LogP contribution is -2.28. The van der Waals surface area contributed by atoms with Crippen LogP contribution in [-0.4, -0.2) is 29.0 Å². The highest BCUT2D eigenvalue weighted by Crippen LogP contribution is 2.36. The van der Waals surface area contributed by atoms with Crippen molar-refractivity contribution in [2.45, 2.75) is 23.6 Å². The fourth-order valence-corrected chi connectivity index (χ4v) is 3.45. The zero-order chi connectivity index (χ0) is 17.3. The summed E-state index contributed by atoms with van der Waals surface area (Å²) in [5.41, 5.74) is 1.57. The molecule has 1 atom stereocenters. The van der Waals surface area contributed by atoms with Gasteiger partial charge in [-0.05, 0) is 31.2 Å². The summed E-state index contributed by atoms with van der Waals surface area (Å²) >= 11 is 1.47. The van der Waals surface area contributed by atoms with Crippen molar-refractivity contribution in [3.63, 3.8) is 0 Å². The molecule has 0 spiro atoms. The number of hydrogen-bond donors (Lipinski definition) is 1. The summed E-state index contributed by atoms with van der Waals surface area (Å²) in [5, 5.41) is 2.66. The SMILES string of the molecule is CC1Sc2ccc(C(=O)N(C)Cc3ccccc3F)cc2NC1=O. The minimum atomic E-state index is -0.333. The van der Waals surface area contributed by atoms with Gasteiger partial charge in [0, 0.05) is 29.6 Å². The van der Waals surface area contributed by atoms with Crippen LogP contribution in [0.4, 0.5) is 10.1 Å². The number of rotatable bonds is 3. The number of nitrogens with one attached hydrogen (secondary N) is 1. The van der Waals surface area contributed by atoms with Crippen molar-refractivity contribution in [2.24, 2.45) is 0 Å². The van der Waals surface area contributed by atoms with Crippen LogP contribution in [0.25, 0.3) is 0 Å². The molecule has 0 aliphatic carbocycles. The van der Waals surface area contributed by atoms with Gasteiger partial charge in [0.25, 0.3) is 5.91 Å². The number of nitrogens with zero attached hydrogens (tertiary/aromatic N) is 1. The van der Waals surface area contributed by atoms with Crippen molar-refractivity contribution in [1.29, 1.82) is 0 Å². The summed E-state index contributed by atoms with van der Waals surface area (Å²) in [6.07, 6.45) is 0. The molecule has 4 nitrogen and oxygen atoms in total. The van der Waals surface area contributed by atoms with Gasteiger partial charge in [0.2, 0.25) is 5.91 Å². The predicted octanol–water partition coefficient (Wildman–Crippen LogP) is 3.53. The summed E-state index contributed by atoms with van der Waals surface area (Å²) in [6, 6.07) is 11.6. The topological polar surface area (TPSA) is 49.4 Å². The predicted molar refractivity (Wildman–Crippen MR) is 92.6 cm³/mol. The first-order valence-electron chi connectivity index (χ1n) is 7.56. The molecule has 1 N–H and O–H groups in total. The summed E-state index contributed by atoms with van der Waals surface area (Å²) in [5.74, 6) is -0.629. The minimum absolute atomic E-state index is 0.0724. The summed E-state index contributed by atoms with van der Waals surface area (Å²) < 4.78 is 13.7. The van der Waals surface area contributed by atoms with Crippen molar-refractivity contribution in [2.75, 3.05) is 12.4 Å². The smallest absolute Gasteiger partial charge is 0.253 e. The lowest BCUT2D eigenvalue weighted by Gasteiger charge is -2.23. The van der Waals surface area contributed by atoms with Crippen LogP contribution in [0, 0.1) is 5.82 Å². The van der Waals surface area contributed by atoms with Crippen LogP contribution in [0.2, 0.25) is 0 Å². The van der Waals surface area contributed by atoms with Gasteiger partial charge in [-0.1, -0.05) is 18.2 Å². The van der Waals surface area contributed by atoms with Gasteiger partial charge in [-0.2, -0.15) is 0 Å². The molecule has 1 aliphatic heterocycles. The number of halogens is 1. The number of fused-ring (bicyclic) bond motifs is 1. The Morgan fingerprint density at radius 3 is 2.79 bits per heavy atom. The third-order valence-electron chi connectivity index (χ3n) is 3.87. The molecule has 2 aromatic rings. The molecular formula is C18H17FN2O2S. The fourth-order valence-electron chi connectivity index (χ4n) is 2.52. The molecule has 1 aliphatic rings. The highest BCUT2D eigenvalue weighted by molar-refractivity contribution is 8.00. The van der Waals surface area contributed by atoms with Crippen molar-refractivity contribution < 1.29 is 14.0 Å². The number of hydrogen-bond acceptors (Lipinski definition) is 3. The molecule has 0 radical (unpaired) electrons. The molecule has 0 aromatic heterocycles. The lowest BCUT2D eigenvalue weighted by atomic mass is 10.1. The summed E-state index contributed by atoms with van der Waals surface area (Å²) in [7, 11) is 1.63. The Morgan fingerprint density at radius 2 is 2.04 bits per heavy atom. The highest BCUT2D eigenvalue weighted by Gasteiger charge is 2.24. The number of carbonyl (C=O) groups is 2. The number of benzene rings is 2. The Morgan fingerprint density at radius 1 is 1.29 bits per heavy atom. The molecule has 6 heteroatoms. The molecule has 0 bridgehead atoms. The third kappa shape index (κ3) is 3.28. The van der Waals surface area contributed by atoms with E-state index in [1.807, 2.05) is 13.0 Å². The Kier molecular flexibility index (Phi) is 4.57. The standard InChI is InChI=1S/C18H17FN2O2S/c1-11-17(22)20-15-9-12(7-8-16(15)24-11)18(23)21(2)10-13-5-3-4-6-14(13)19/h3-9,11H,10H2,1-2H3,(H,20,22). The van der Waals surface area contributed by atoms with E-state index in [1.165, 1.54) is 22.7 Å². The van der Waals surface area contributed by atoms with Crippen LogP contribution in [0.1, 0.15) is 22.8 Å². The Bertz CT molecular complexity index is 809. The second-order valence-electron chi connectivity index (χ2n) is 5.71. The second kappa shape index (κ2) is 6.65. The van der Waals surface area contributed by atoms with Gasteiger partial charge in [-0.25, -0.2) is 4.39 Å². The zero-order valence-electron chi connectivity index (χ0n) is 13.4. The van der Waals surface area contributed by atoms with Crippen LogP contribution in [0.15, 0.2) is 47.4 Å². The van der Waals surface area contributed by atoms with Gasteiger partial charge in [-0.15, -0.1) is 11.8 Å². The van der Waals surface area contributed by atoms with E-state index in [2.05, 4.69) is 5.32 Å². The average molecular weight is 344 g/mol. The van der Waals surface area contributed by atoms with E-state index in [1.54, 1.807) is 37.4 Å². The van der Waals surface area contributed by atoms with Gasteiger partial charge < -0.3 is 10.2 Å². The van der Waals surface area contributed by atoms with E-state index < -0.39 is 0 Å². The Labute approximate surface area is 144 Å². The van der Waals surface area contributed by atoms with Gasteiger partial charge in [0.15, 0.2) is 0 Å². The van der Waals surface area contributed by atoms with Crippen molar-refractivity contribution in [1.82, 2.24) is 4.90 Å². The molecule has 0 saturated heterocycles. The summed E-state index contributed by atoms with van der Waals surface area (Å²) in [6.45, 7) is 2.02. The molecule has 2 amide bonds. The molecule has 1 heterocycles. The largest absolute Gasteiger partial charge is 0.337 e. The van der Waals surface area contributed by atoms with E-state index in [4.69, 9.17) is 0 Å². The van der Waals surface area contributed by atoms with Crippen LogP contribution in [-0.2, 0) is 11.3 Å². The van der Waals surface area contributed by atoms with Crippen molar-refractivity contribution >= 4 is 29.3 Å². The van der Waals surface area contributed by atoms with Crippen molar-refractivity contribution in [3.05, 3.63) is 59.4 Å². The monoisotopic (exact) mass is 344 g/mol. The molecule has 3 rings (SSSR count). The van der Waals surface area contributed by atoms with E-state index in [0.29, 0.717) is 16.8 Å². The molecule has 0 fully saturated rings. The van der Waals surface area contributed by atoms with E-state index >= 15 is 0 Å².